The lowest BCUT2D eigenvalue weighted by Gasteiger charge is -2.24. The van der Waals surface area contributed by atoms with E-state index in [1.165, 1.54) is 0 Å². The van der Waals surface area contributed by atoms with Gasteiger partial charge in [0.2, 0.25) is 0 Å². The number of rotatable bonds is 3. The van der Waals surface area contributed by atoms with Gasteiger partial charge in [-0.15, -0.1) is 11.6 Å². The zero-order valence-corrected chi connectivity index (χ0v) is 13.8. The van der Waals surface area contributed by atoms with E-state index in [1.807, 2.05) is 47.5 Å². The molecule has 0 aliphatic heterocycles. The van der Waals surface area contributed by atoms with Crippen LogP contribution in [-0.2, 0) is 0 Å². The van der Waals surface area contributed by atoms with E-state index in [0.29, 0.717) is 16.5 Å². The molecule has 1 fully saturated rings. The number of hydrogen-bond acceptors (Lipinski definition) is 3. The van der Waals surface area contributed by atoms with E-state index in [-0.39, 0.29) is 17.0 Å². The maximum atomic E-state index is 13.0. The summed E-state index contributed by atoms with van der Waals surface area (Å²) in [6, 6.07) is 7.74. The molecular weight excluding hydrogens is 304 g/mol. The number of thioether (sulfide) groups is 1. The average Bonchev–Trinajstić information content (AvgIpc) is 2.95. The molecule has 1 aromatic carbocycles. The molecule has 0 saturated heterocycles. The standard InChI is InChI=1S/C16H19ClN2OS/c1-10(17)15-18-12-7-4-3-6-11(12)16(20)19(15)13-8-5-9-14(13)21-2/h3-4,6-7,10,13-14H,5,8-9H2,1-2H3. The number of fused-ring (bicyclic) bond motifs is 1. The van der Waals surface area contributed by atoms with Gasteiger partial charge in [-0.2, -0.15) is 11.8 Å². The molecule has 21 heavy (non-hydrogen) atoms. The van der Waals surface area contributed by atoms with Gasteiger partial charge in [0, 0.05) is 5.25 Å². The third-order valence-corrected chi connectivity index (χ3v) is 5.59. The van der Waals surface area contributed by atoms with Crippen molar-refractivity contribution in [3.05, 3.63) is 40.4 Å². The van der Waals surface area contributed by atoms with Gasteiger partial charge in [-0.1, -0.05) is 18.6 Å². The Labute approximate surface area is 133 Å². The minimum Gasteiger partial charge on any atom is -0.291 e. The molecule has 1 heterocycles. The zero-order chi connectivity index (χ0) is 15.0. The molecule has 1 saturated carbocycles. The molecule has 2 aromatic rings. The summed E-state index contributed by atoms with van der Waals surface area (Å²) in [6.45, 7) is 1.89. The van der Waals surface area contributed by atoms with Crippen LogP contribution in [0.1, 0.15) is 43.4 Å². The van der Waals surface area contributed by atoms with Crippen LogP contribution in [0.15, 0.2) is 29.1 Å². The predicted molar refractivity (Wildman–Crippen MR) is 90.5 cm³/mol. The molecule has 3 rings (SSSR count). The fourth-order valence-corrected chi connectivity index (χ4v) is 4.37. The van der Waals surface area contributed by atoms with Crippen LogP contribution >= 0.6 is 23.4 Å². The molecule has 0 bridgehead atoms. The van der Waals surface area contributed by atoms with E-state index in [4.69, 9.17) is 11.6 Å². The minimum absolute atomic E-state index is 0.0500. The van der Waals surface area contributed by atoms with Gasteiger partial charge in [-0.05, 0) is 38.2 Å². The van der Waals surface area contributed by atoms with Crippen LogP contribution in [0.2, 0.25) is 0 Å². The quantitative estimate of drug-likeness (QED) is 0.796. The Kier molecular flexibility index (Phi) is 4.27. The molecule has 0 N–H and O–H groups in total. The van der Waals surface area contributed by atoms with Gasteiger partial charge in [-0.3, -0.25) is 9.36 Å². The van der Waals surface area contributed by atoms with Gasteiger partial charge < -0.3 is 0 Å². The number of alkyl halides is 1. The van der Waals surface area contributed by atoms with E-state index in [2.05, 4.69) is 11.2 Å². The molecular formula is C16H19ClN2OS. The van der Waals surface area contributed by atoms with Crippen LogP contribution in [0.25, 0.3) is 10.9 Å². The zero-order valence-electron chi connectivity index (χ0n) is 12.3. The average molecular weight is 323 g/mol. The van der Waals surface area contributed by atoms with Crippen molar-refractivity contribution in [1.82, 2.24) is 9.55 Å². The lowest BCUT2D eigenvalue weighted by Crippen LogP contribution is -2.32. The van der Waals surface area contributed by atoms with Crippen LogP contribution in [-0.4, -0.2) is 21.1 Å². The highest BCUT2D eigenvalue weighted by atomic mass is 35.5. The molecule has 3 atom stereocenters. The SMILES string of the molecule is CSC1CCCC1n1c(C(C)Cl)nc2ccccc2c1=O. The third-order valence-electron chi connectivity index (χ3n) is 4.24. The first kappa shape index (κ1) is 14.9. The summed E-state index contributed by atoms with van der Waals surface area (Å²) in [7, 11) is 0. The summed E-state index contributed by atoms with van der Waals surface area (Å²) in [6.07, 6.45) is 5.46. The number of benzene rings is 1. The van der Waals surface area contributed by atoms with Crippen LogP contribution in [0, 0.1) is 0 Å². The number of aromatic nitrogens is 2. The molecule has 1 aliphatic carbocycles. The summed E-state index contributed by atoms with van der Waals surface area (Å²) in [5.41, 5.74) is 0.786. The van der Waals surface area contributed by atoms with Crippen molar-refractivity contribution in [2.24, 2.45) is 0 Å². The normalized spacial score (nSPS) is 23.6. The molecule has 3 unspecified atom stereocenters. The first-order valence-corrected chi connectivity index (χ1v) is 9.04. The van der Waals surface area contributed by atoms with Crippen molar-refractivity contribution < 1.29 is 0 Å². The predicted octanol–water partition coefficient (Wildman–Crippen LogP) is 4.15. The maximum Gasteiger partial charge on any atom is 0.261 e. The molecule has 1 aliphatic rings. The molecule has 5 heteroatoms. The van der Waals surface area contributed by atoms with Gasteiger partial charge in [0.05, 0.1) is 22.3 Å². The maximum absolute atomic E-state index is 13.0. The number of hydrogen-bond donors (Lipinski definition) is 0. The number of nitrogens with zero attached hydrogens (tertiary/aromatic N) is 2. The Hall–Kier alpha value is -1.00. The van der Waals surface area contributed by atoms with Crippen molar-refractivity contribution in [2.75, 3.05) is 6.26 Å². The summed E-state index contributed by atoms with van der Waals surface area (Å²) in [5.74, 6) is 0.700. The van der Waals surface area contributed by atoms with Gasteiger partial charge in [0.25, 0.3) is 5.56 Å². The smallest absolute Gasteiger partial charge is 0.261 e. The second kappa shape index (κ2) is 6.01. The minimum atomic E-state index is -0.273. The fraction of sp³-hybridized carbons (Fsp3) is 0.500. The second-order valence-corrected chi connectivity index (χ2v) is 7.28. The Balaban J connectivity index is 2.26. The van der Waals surface area contributed by atoms with Crippen LogP contribution in [0.4, 0.5) is 0 Å². The van der Waals surface area contributed by atoms with E-state index in [1.54, 1.807) is 0 Å². The summed E-state index contributed by atoms with van der Waals surface area (Å²) >= 11 is 8.16. The first-order valence-electron chi connectivity index (χ1n) is 7.31. The van der Waals surface area contributed by atoms with Gasteiger partial charge in [0.1, 0.15) is 5.82 Å². The van der Waals surface area contributed by atoms with Crippen LogP contribution < -0.4 is 5.56 Å². The molecule has 1 aromatic heterocycles. The number of halogens is 1. The largest absolute Gasteiger partial charge is 0.291 e. The van der Waals surface area contributed by atoms with E-state index in [9.17, 15) is 4.79 Å². The summed E-state index contributed by atoms with van der Waals surface area (Å²) < 4.78 is 1.87. The molecule has 3 nitrogen and oxygen atoms in total. The topological polar surface area (TPSA) is 34.9 Å². The monoisotopic (exact) mass is 322 g/mol. The molecule has 0 amide bonds. The van der Waals surface area contributed by atoms with E-state index in [0.717, 1.165) is 24.8 Å². The molecule has 112 valence electrons. The Morgan fingerprint density at radius 3 is 2.86 bits per heavy atom. The Bertz CT molecular complexity index is 713. The summed E-state index contributed by atoms with van der Waals surface area (Å²) in [5, 5.41) is 0.885. The summed E-state index contributed by atoms with van der Waals surface area (Å²) in [4.78, 5) is 17.6. The highest BCUT2D eigenvalue weighted by molar-refractivity contribution is 7.99. The first-order chi connectivity index (χ1) is 10.1. The van der Waals surface area contributed by atoms with Crippen molar-refractivity contribution in [1.29, 1.82) is 0 Å². The van der Waals surface area contributed by atoms with Gasteiger partial charge in [-0.25, -0.2) is 4.98 Å². The fourth-order valence-electron chi connectivity index (χ4n) is 3.24. The Morgan fingerprint density at radius 2 is 2.14 bits per heavy atom. The van der Waals surface area contributed by atoms with Gasteiger partial charge >= 0.3 is 0 Å². The van der Waals surface area contributed by atoms with Crippen molar-refractivity contribution >= 4 is 34.3 Å². The van der Waals surface area contributed by atoms with Crippen molar-refractivity contribution in [3.8, 4) is 0 Å². The number of para-hydroxylation sites is 1. The van der Waals surface area contributed by atoms with Crippen LogP contribution in [0.3, 0.4) is 0 Å². The van der Waals surface area contributed by atoms with Crippen molar-refractivity contribution in [3.63, 3.8) is 0 Å². The second-order valence-electron chi connectivity index (χ2n) is 5.55. The van der Waals surface area contributed by atoms with E-state index >= 15 is 0 Å². The molecule has 0 spiro atoms. The van der Waals surface area contributed by atoms with Crippen molar-refractivity contribution in [2.45, 2.75) is 42.9 Å². The molecule has 0 radical (unpaired) electrons. The lowest BCUT2D eigenvalue weighted by molar-refractivity contribution is 0.484. The van der Waals surface area contributed by atoms with E-state index < -0.39 is 0 Å². The highest BCUT2D eigenvalue weighted by Crippen LogP contribution is 2.38. The highest BCUT2D eigenvalue weighted by Gasteiger charge is 2.31. The Morgan fingerprint density at radius 1 is 1.38 bits per heavy atom. The van der Waals surface area contributed by atoms with Gasteiger partial charge in [0.15, 0.2) is 0 Å². The van der Waals surface area contributed by atoms with Crippen LogP contribution in [0.5, 0.6) is 0 Å². The third kappa shape index (κ3) is 2.59. The lowest BCUT2D eigenvalue weighted by atomic mass is 10.2.